The SMILES string of the molecule is CCOc1c(CC)cc(Cl)c(F)c1CCNC(=O)O.Cc1[nH]nc2ncnc(N)c12. The first kappa shape index (κ1) is 23.1. The number of aromatic amines is 1. The number of aryl methyl sites for hydroxylation is 2. The van der Waals surface area contributed by atoms with Crippen molar-refractivity contribution in [3.8, 4) is 5.75 Å². The lowest BCUT2D eigenvalue weighted by Crippen LogP contribution is -2.24. The molecule has 1 aromatic carbocycles. The summed E-state index contributed by atoms with van der Waals surface area (Å²) in [4.78, 5) is 18.2. The van der Waals surface area contributed by atoms with Crippen molar-refractivity contribution in [3.05, 3.63) is 40.1 Å². The predicted octanol–water partition coefficient (Wildman–Crippen LogP) is 3.49. The number of halogens is 2. The molecule has 0 fully saturated rings. The molecule has 0 spiro atoms. The third-order valence-corrected chi connectivity index (χ3v) is 4.50. The Morgan fingerprint density at radius 3 is 2.73 bits per heavy atom. The van der Waals surface area contributed by atoms with Crippen LogP contribution in [-0.4, -0.2) is 44.5 Å². The maximum atomic E-state index is 14.0. The molecule has 0 radical (unpaired) electrons. The van der Waals surface area contributed by atoms with Crippen LogP contribution >= 0.6 is 11.6 Å². The molecule has 3 rings (SSSR count). The zero-order valence-electron chi connectivity index (χ0n) is 16.9. The number of carboxylic acid groups (broad SMARTS) is 1. The van der Waals surface area contributed by atoms with Gasteiger partial charge >= 0.3 is 6.09 Å². The Bertz CT molecular complexity index is 1030. The van der Waals surface area contributed by atoms with Gasteiger partial charge in [-0.15, -0.1) is 0 Å². The maximum absolute atomic E-state index is 14.0. The highest BCUT2D eigenvalue weighted by Crippen LogP contribution is 2.32. The maximum Gasteiger partial charge on any atom is 0.404 e. The standard InChI is InChI=1S/C13H17ClFNO3.C6H7N5/c1-3-8-7-10(14)11(15)9(12(8)19-4-2)5-6-16-13(17)18;1-3-4-5(7)8-2-9-6(4)11-10-3/h7,16H,3-6H2,1-2H3,(H,17,18);2H,1H3,(H3,7,8,9,10,11). The van der Waals surface area contributed by atoms with Crippen molar-refractivity contribution in [2.45, 2.75) is 33.6 Å². The van der Waals surface area contributed by atoms with E-state index in [1.807, 2.05) is 20.8 Å². The third kappa shape index (κ3) is 5.47. The number of nitrogens with zero attached hydrogens (tertiary/aromatic N) is 3. The molecular weight excluding hydrogens is 415 g/mol. The zero-order chi connectivity index (χ0) is 22.3. The first-order valence-electron chi connectivity index (χ1n) is 9.30. The summed E-state index contributed by atoms with van der Waals surface area (Å²) in [5, 5.41) is 18.3. The van der Waals surface area contributed by atoms with E-state index in [1.165, 1.54) is 6.33 Å². The lowest BCUT2D eigenvalue weighted by molar-refractivity contribution is 0.194. The topological polar surface area (TPSA) is 139 Å². The Labute approximate surface area is 177 Å². The molecule has 0 aliphatic rings. The second kappa shape index (κ2) is 10.6. The summed E-state index contributed by atoms with van der Waals surface area (Å²) in [5.74, 6) is 0.398. The predicted molar refractivity (Wildman–Crippen MR) is 113 cm³/mol. The normalized spacial score (nSPS) is 10.4. The van der Waals surface area contributed by atoms with E-state index < -0.39 is 11.9 Å². The van der Waals surface area contributed by atoms with Crippen molar-refractivity contribution in [3.63, 3.8) is 0 Å². The number of nitrogens with one attached hydrogen (secondary N) is 2. The highest BCUT2D eigenvalue weighted by Gasteiger charge is 2.18. The van der Waals surface area contributed by atoms with E-state index >= 15 is 0 Å². The van der Waals surface area contributed by atoms with E-state index in [4.69, 9.17) is 27.2 Å². The molecule has 0 aliphatic carbocycles. The quantitative estimate of drug-likeness (QED) is 0.461. The van der Waals surface area contributed by atoms with Gasteiger partial charge in [-0.25, -0.2) is 19.2 Å². The Morgan fingerprint density at radius 1 is 1.40 bits per heavy atom. The van der Waals surface area contributed by atoms with Gasteiger partial charge in [0.1, 0.15) is 23.7 Å². The number of aromatic nitrogens is 4. The molecule has 0 aliphatic heterocycles. The van der Waals surface area contributed by atoms with Gasteiger partial charge in [-0.2, -0.15) is 5.10 Å². The number of benzene rings is 1. The molecule has 0 unspecified atom stereocenters. The summed E-state index contributed by atoms with van der Waals surface area (Å²) in [5.41, 5.74) is 8.25. The van der Waals surface area contributed by atoms with Crippen LogP contribution in [0.2, 0.25) is 5.02 Å². The van der Waals surface area contributed by atoms with Crippen LogP contribution in [0.25, 0.3) is 11.0 Å². The zero-order valence-corrected chi connectivity index (χ0v) is 17.7. The molecular formula is C19H24ClFN6O3. The van der Waals surface area contributed by atoms with Gasteiger partial charge in [0.2, 0.25) is 0 Å². The fourth-order valence-electron chi connectivity index (χ4n) is 2.85. The molecule has 2 aromatic heterocycles. The average Bonchev–Trinajstić information content (AvgIpc) is 3.09. The van der Waals surface area contributed by atoms with Crippen LogP contribution in [0.1, 0.15) is 30.7 Å². The number of fused-ring (bicyclic) bond motifs is 1. The summed E-state index contributed by atoms with van der Waals surface area (Å²) in [6, 6.07) is 1.55. The molecule has 0 saturated heterocycles. The Balaban J connectivity index is 0.000000244. The first-order chi connectivity index (χ1) is 14.3. The van der Waals surface area contributed by atoms with Crippen molar-refractivity contribution >= 4 is 34.5 Å². The van der Waals surface area contributed by atoms with Crippen LogP contribution in [0.3, 0.4) is 0 Å². The summed E-state index contributed by atoms with van der Waals surface area (Å²) in [6.45, 7) is 6.13. The van der Waals surface area contributed by atoms with Crippen LogP contribution in [0, 0.1) is 12.7 Å². The van der Waals surface area contributed by atoms with Gasteiger partial charge in [-0.05, 0) is 38.3 Å². The molecule has 0 bridgehead atoms. The van der Waals surface area contributed by atoms with E-state index in [1.54, 1.807) is 6.07 Å². The number of amides is 1. The molecule has 11 heteroatoms. The molecule has 162 valence electrons. The van der Waals surface area contributed by atoms with Crippen LogP contribution in [0.5, 0.6) is 5.75 Å². The Hall–Kier alpha value is -3.14. The van der Waals surface area contributed by atoms with Gasteiger partial charge < -0.3 is 20.9 Å². The van der Waals surface area contributed by atoms with Crippen molar-refractivity contribution < 1.29 is 19.0 Å². The van der Waals surface area contributed by atoms with Gasteiger partial charge in [0.05, 0.1) is 17.0 Å². The van der Waals surface area contributed by atoms with Gasteiger partial charge in [-0.3, -0.25) is 5.10 Å². The number of hydrogen-bond donors (Lipinski definition) is 4. The molecule has 5 N–H and O–H groups in total. The number of H-pyrrole nitrogens is 1. The van der Waals surface area contributed by atoms with E-state index in [-0.39, 0.29) is 18.0 Å². The third-order valence-electron chi connectivity index (χ3n) is 4.22. The Morgan fingerprint density at radius 2 is 2.13 bits per heavy atom. The molecule has 30 heavy (non-hydrogen) atoms. The van der Waals surface area contributed by atoms with Crippen molar-refractivity contribution in [1.29, 1.82) is 0 Å². The summed E-state index contributed by atoms with van der Waals surface area (Å²) < 4.78 is 19.5. The lowest BCUT2D eigenvalue weighted by Gasteiger charge is -2.16. The van der Waals surface area contributed by atoms with Crippen LogP contribution in [-0.2, 0) is 12.8 Å². The number of nitrogen functional groups attached to an aromatic ring is 1. The van der Waals surface area contributed by atoms with E-state index in [0.717, 1.165) is 16.6 Å². The van der Waals surface area contributed by atoms with Gasteiger partial charge in [-0.1, -0.05) is 18.5 Å². The minimum atomic E-state index is -1.14. The van der Waals surface area contributed by atoms with Gasteiger partial charge in [0, 0.05) is 17.8 Å². The molecule has 3 aromatic rings. The van der Waals surface area contributed by atoms with E-state index in [0.29, 0.717) is 35.8 Å². The number of rotatable bonds is 6. The molecule has 0 saturated carbocycles. The highest BCUT2D eigenvalue weighted by molar-refractivity contribution is 6.31. The second-order valence-corrected chi connectivity index (χ2v) is 6.62. The summed E-state index contributed by atoms with van der Waals surface area (Å²) >= 11 is 5.84. The lowest BCUT2D eigenvalue weighted by atomic mass is 10.0. The molecule has 2 heterocycles. The molecule has 0 atom stereocenters. The first-order valence-corrected chi connectivity index (χ1v) is 9.68. The summed E-state index contributed by atoms with van der Waals surface area (Å²) in [7, 11) is 0. The van der Waals surface area contributed by atoms with E-state index in [2.05, 4.69) is 25.5 Å². The average molecular weight is 439 g/mol. The molecule has 9 nitrogen and oxygen atoms in total. The minimum absolute atomic E-state index is 0.0330. The molecule has 1 amide bonds. The van der Waals surface area contributed by atoms with E-state index in [9.17, 15) is 9.18 Å². The monoisotopic (exact) mass is 438 g/mol. The van der Waals surface area contributed by atoms with Gasteiger partial charge in [0.25, 0.3) is 0 Å². The largest absolute Gasteiger partial charge is 0.493 e. The Kier molecular flexibility index (Phi) is 8.16. The number of nitrogens with two attached hydrogens (primary N) is 1. The smallest absolute Gasteiger partial charge is 0.404 e. The number of anilines is 1. The van der Waals surface area contributed by atoms with Crippen LogP contribution in [0.4, 0.5) is 15.0 Å². The number of ether oxygens (including phenoxy) is 1. The van der Waals surface area contributed by atoms with Crippen LogP contribution in [0.15, 0.2) is 12.4 Å². The van der Waals surface area contributed by atoms with Crippen LogP contribution < -0.4 is 15.8 Å². The van der Waals surface area contributed by atoms with Crippen molar-refractivity contribution in [1.82, 2.24) is 25.5 Å². The minimum Gasteiger partial charge on any atom is -0.493 e. The summed E-state index contributed by atoms with van der Waals surface area (Å²) in [6.07, 6.45) is 1.12. The van der Waals surface area contributed by atoms with Crippen molar-refractivity contribution in [2.24, 2.45) is 0 Å². The fourth-order valence-corrected chi connectivity index (χ4v) is 3.10. The van der Waals surface area contributed by atoms with Gasteiger partial charge in [0.15, 0.2) is 5.65 Å². The number of carbonyl (C=O) groups is 1. The van der Waals surface area contributed by atoms with Crippen molar-refractivity contribution in [2.75, 3.05) is 18.9 Å². The second-order valence-electron chi connectivity index (χ2n) is 6.21. The fraction of sp³-hybridized carbons (Fsp3) is 0.368. The highest BCUT2D eigenvalue weighted by atomic mass is 35.5. The number of hydrogen-bond acceptors (Lipinski definition) is 6.